The number of nitrogens with zero attached hydrogens (tertiary/aromatic N) is 1. The van der Waals surface area contributed by atoms with Gasteiger partial charge in [-0.15, -0.1) is 0 Å². The van der Waals surface area contributed by atoms with Gasteiger partial charge >= 0.3 is 0 Å². The van der Waals surface area contributed by atoms with Crippen LogP contribution in [0.15, 0.2) is 60.7 Å². The average Bonchev–Trinajstić information content (AvgIpc) is 3.33. The monoisotopic (exact) mass is 295 g/mol. The normalized spacial score (nSPS) is 20.3. The van der Waals surface area contributed by atoms with E-state index in [-0.39, 0.29) is 0 Å². The second-order valence-corrected chi connectivity index (χ2v) is 6.09. The van der Waals surface area contributed by atoms with Crippen LogP contribution in [-0.2, 0) is 17.8 Å². The Morgan fingerprint density at radius 2 is 1.36 bits per heavy atom. The second kappa shape index (κ2) is 7.57. The van der Waals surface area contributed by atoms with Gasteiger partial charge < -0.3 is 4.74 Å². The van der Waals surface area contributed by atoms with Crippen LogP contribution in [0, 0.1) is 0 Å². The summed E-state index contributed by atoms with van der Waals surface area (Å²) in [4.78, 5) is 2.53. The summed E-state index contributed by atoms with van der Waals surface area (Å²) in [5.74, 6) is 0. The van der Waals surface area contributed by atoms with Crippen molar-refractivity contribution in [1.29, 1.82) is 0 Å². The van der Waals surface area contributed by atoms with Gasteiger partial charge in [-0.1, -0.05) is 67.6 Å². The Kier molecular flexibility index (Phi) is 5.25. The molecule has 0 radical (unpaired) electrons. The molecule has 2 nitrogen and oxygen atoms in total. The first kappa shape index (κ1) is 15.3. The van der Waals surface area contributed by atoms with E-state index in [0.717, 1.165) is 32.5 Å². The van der Waals surface area contributed by atoms with Crippen LogP contribution < -0.4 is 0 Å². The van der Waals surface area contributed by atoms with Gasteiger partial charge in [-0.3, -0.25) is 4.90 Å². The molecule has 0 aliphatic carbocycles. The molecule has 22 heavy (non-hydrogen) atoms. The minimum absolute atomic E-state index is 0.485. The molecule has 3 rings (SSSR count). The molecule has 0 spiro atoms. The van der Waals surface area contributed by atoms with E-state index in [0.29, 0.717) is 12.2 Å². The standard InChI is InChI=1S/C20H25NO/c1-2-19-20(22-19)13-14-21(15-17-9-5-3-6-10-17)16-18-11-7-4-8-12-18/h3-12,19-20H,2,13-16H2,1H3/t19-,20+/m0/s1. The molecule has 2 heteroatoms. The molecular weight excluding hydrogens is 270 g/mol. The molecular formula is C20H25NO. The van der Waals surface area contributed by atoms with Crippen molar-refractivity contribution in [2.45, 2.75) is 45.1 Å². The molecule has 1 saturated heterocycles. The number of hydrogen-bond donors (Lipinski definition) is 0. The van der Waals surface area contributed by atoms with Crippen molar-refractivity contribution in [1.82, 2.24) is 4.90 Å². The van der Waals surface area contributed by atoms with E-state index in [1.165, 1.54) is 11.1 Å². The molecule has 2 aromatic rings. The number of ether oxygens (including phenoxy) is 1. The van der Waals surface area contributed by atoms with Gasteiger partial charge in [-0.25, -0.2) is 0 Å². The topological polar surface area (TPSA) is 15.8 Å². The summed E-state index contributed by atoms with van der Waals surface area (Å²) in [5, 5.41) is 0. The largest absolute Gasteiger partial charge is 0.370 e. The average molecular weight is 295 g/mol. The Hall–Kier alpha value is -1.64. The van der Waals surface area contributed by atoms with Crippen LogP contribution in [0.2, 0.25) is 0 Å². The first-order chi connectivity index (χ1) is 10.8. The van der Waals surface area contributed by atoms with Gasteiger partial charge in [0.1, 0.15) is 0 Å². The van der Waals surface area contributed by atoms with Crippen molar-refractivity contribution in [3.8, 4) is 0 Å². The number of epoxide rings is 1. The molecule has 0 aromatic heterocycles. The van der Waals surface area contributed by atoms with E-state index in [2.05, 4.69) is 72.5 Å². The van der Waals surface area contributed by atoms with E-state index in [9.17, 15) is 0 Å². The zero-order valence-electron chi connectivity index (χ0n) is 13.3. The third-order valence-electron chi connectivity index (χ3n) is 4.32. The Bertz CT molecular complexity index is 513. The Morgan fingerprint density at radius 1 is 0.818 bits per heavy atom. The predicted molar refractivity (Wildman–Crippen MR) is 90.6 cm³/mol. The van der Waals surface area contributed by atoms with Crippen molar-refractivity contribution < 1.29 is 4.74 Å². The van der Waals surface area contributed by atoms with Crippen LogP contribution >= 0.6 is 0 Å². The van der Waals surface area contributed by atoms with Crippen molar-refractivity contribution in [3.05, 3.63) is 71.8 Å². The van der Waals surface area contributed by atoms with Gasteiger partial charge in [0.15, 0.2) is 0 Å². The number of rotatable bonds is 8. The minimum Gasteiger partial charge on any atom is -0.370 e. The van der Waals surface area contributed by atoms with Gasteiger partial charge in [0.05, 0.1) is 12.2 Å². The molecule has 1 heterocycles. The summed E-state index contributed by atoms with van der Waals surface area (Å²) in [6, 6.07) is 21.5. The first-order valence-corrected chi connectivity index (χ1v) is 8.31. The zero-order chi connectivity index (χ0) is 15.2. The van der Waals surface area contributed by atoms with Crippen molar-refractivity contribution in [2.75, 3.05) is 6.54 Å². The maximum absolute atomic E-state index is 5.69. The fraction of sp³-hybridized carbons (Fsp3) is 0.400. The molecule has 1 aliphatic rings. The number of hydrogen-bond acceptors (Lipinski definition) is 2. The van der Waals surface area contributed by atoms with Crippen molar-refractivity contribution >= 4 is 0 Å². The van der Waals surface area contributed by atoms with Gasteiger partial charge in [0.2, 0.25) is 0 Å². The SMILES string of the molecule is CC[C@@H]1O[C@@H]1CCN(Cc1ccccc1)Cc1ccccc1. The highest BCUT2D eigenvalue weighted by Crippen LogP contribution is 2.28. The molecule has 1 fully saturated rings. The third-order valence-corrected chi connectivity index (χ3v) is 4.32. The maximum atomic E-state index is 5.69. The van der Waals surface area contributed by atoms with Crippen LogP contribution in [0.3, 0.4) is 0 Å². The fourth-order valence-electron chi connectivity index (χ4n) is 3.00. The van der Waals surface area contributed by atoms with Crippen LogP contribution in [0.1, 0.15) is 30.9 Å². The highest BCUT2D eigenvalue weighted by molar-refractivity contribution is 5.17. The quantitative estimate of drug-likeness (QED) is 0.676. The highest BCUT2D eigenvalue weighted by Gasteiger charge is 2.36. The predicted octanol–water partition coefficient (Wildman–Crippen LogP) is 4.26. The van der Waals surface area contributed by atoms with E-state index in [4.69, 9.17) is 4.74 Å². The third kappa shape index (κ3) is 4.43. The summed E-state index contributed by atoms with van der Waals surface area (Å²) in [6.45, 7) is 5.29. The molecule has 1 aliphatic heterocycles. The van der Waals surface area contributed by atoms with Crippen LogP contribution in [0.5, 0.6) is 0 Å². The lowest BCUT2D eigenvalue weighted by molar-refractivity contribution is 0.239. The minimum atomic E-state index is 0.485. The Labute approximate surface area is 133 Å². The van der Waals surface area contributed by atoms with Crippen LogP contribution in [0.4, 0.5) is 0 Å². The lowest BCUT2D eigenvalue weighted by Gasteiger charge is -2.22. The number of benzene rings is 2. The van der Waals surface area contributed by atoms with Crippen molar-refractivity contribution in [3.63, 3.8) is 0 Å². The van der Waals surface area contributed by atoms with E-state index < -0.39 is 0 Å². The van der Waals surface area contributed by atoms with Crippen LogP contribution in [-0.4, -0.2) is 23.7 Å². The molecule has 0 bridgehead atoms. The Balaban J connectivity index is 1.60. The van der Waals surface area contributed by atoms with E-state index >= 15 is 0 Å². The fourth-order valence-corrected chi connectivity index (χ4v) is 3.00. The lowest BCUT2D eigenvalue weighted by atomic mass is 10.1. The summed E-state index contributed by atoms with van der Waals surface area (Å²) < 4.78 is 5.69. The van der Waals surface area contributed by atoms with Gasteiger partial charge in [-0.2, -0.15) is 0 Å². The van der Waals surface area contributed by atoms with Crippen molar-refractivity contribution in [2.24, 2.45) is 0 Å². The van der Waals surface area contributed by atoms with Gasteiger partial charge in [0, 0.05) is 19.6 Å². The molecule has 2 atom stereocenters. The zero-order valence-corrected chi connectivity index (χ0v) is 13.3. The van der Waals surface area contributed by atoms with E-state index in [1.54, 1.807) is 0 Å². The molecule has 0 saturated carbocycles. The lowest BCUT2D eigenvalue weighted by Crippen LogP contribution is -2.25. The highest BCUT2D eigenvalue weighted by atomic mass is 16.6. The summed E-state index contributed by atoms with van der Waals surface area (Å²) in [6.07, 6.45) is 3.27. The molecule has 2 aromatic carbocycles. The maximum Gasteiger partial charge on any atom is 0.0854 e. The van der Waals surface area contributed by atoms with E-state index in [1.807, 2.05) is 0 Å². The smallest absolute Gasteiger partial charge is 0.0854 e. The first-order valence-electron chi connectivity index (χ1n) is 8.31. The molecule has 0 N–H and O–H groups in total. The van der Waals surface area contributed by atoms with Crippen LogP contribution in [0.25, 0.3) is 0 Å². The molecule has 116 valence electrons. The van der Waals surface area contributed by atoms with Gasteiger partial charge in [0.25, 0.3) is 0 Å². The molecule has 0 amide bonds. The molecule has 0 unspecified atom stereocenters. The Morgan fingerprint density at radius 3 is 1.82 bits per heavy atom. The summed E-state index contributed by atoms with van der Waals surface area (Å²) >= 11 is 0. The second-order valence-electron chi connectivity index (χ2n) is 6.09. The van der Waals surface area contributed by atoms with Gasteiger partial charge in [-0.05, 0) is 24.0 Å². The summed E-state index contributed by atoms with van der Waals surface area (Å²) in [7, 11) is 0. The summed E-state index contributed by atoms with van der Waals surface area (Å²) in [5.41, 5.74) is 2.75.